The van der Waals surface area contributed by atoms with Crippen LogP contribution in [0.25, 0.3) is 0 Å². The van der Waals surface area contributed by atoms with E-state index in [1.807, 2.05) is 6.07 Å². The first-order valence-corrected chi connectivity index (χ1v) is 5.98. The number of halogens is 1. The van der Waals surface area contributed by atoms with Gasteiger partial charge in [0.1, 0.15) is 0 Å². The Bertz CT molecular complexity index is 443. The summed E-state index contributed by atoms with van der Waals surface area (Å²) in [5.41, 5.74) is 2.03. The molecular formula is C13H15ClO4. The zero-order chi connectivity index (χ0) is 13.5. The van der Waals surface area contributed by atoms with Crippen LogP contribution < -0.4 is 0 Å². The van der Waals surface area contributed by atoms with Crippen molar-refractivity contribution in [3.05, 3.63) is 34.9 Å². The number of carbonyl (C=O) groups excluding carboxylic acids is 2. The van der Waals surface area contributed by atoms with Crippen molar-refractivity contribution in [2.24, 2.45) is 0 Å². The first kappa shape index (κ1) is 14.5. The van der Waals surface area contributed by atoms with Crippen molar-refractivity contribution >= 4 is 23.5 Å². The Morgan fingerprint density at radius 2 is 1.94 bits per heavy atom. The van der Waals surface area contributed by atoms with Crippen molar-refractivity contribution in [1.82, 2.24) is 0 Å². The van der Waals surface area contributed by atoms with Gasteiger partial charge >= 0.3 is 11.9 Å². The lowest BCUT2D eigenvalue weighted by Gasteiger charge is -2.09. The molecule has 5 heteroatoms. The molecule has 0 heterocycles. The van der Waals surface area contributed by atoms with Crippen molar-refractivity contribution in [2.45, 2.75) is 18.7 Å². The molecule has 0 amide bonds. The van der Waals surface area contributed by atoms with Gasteiger partial charge in [0.25, 0.3) is 0 Å². The smallest absolute Gasteiger partial charge is 0.338 e. The molecule has 4 nitrogen and oxygen atoms in total. The second-order valence-corrected chi connectivity index (χ2v) is 3.96. The molecule has 0 N–H and O–H groups in total. The minimum atomic E-state index is -0.429. The summed E-state index contributed by atoms with van der Waals surface area (Å²) >= 11 is 5.72. The Morgan fingerprint density at radius 1 is 1.22 bits per heavy atom. The van der Waals surface area contributed by atoms with Crippen LogP contribution in [0.2, 0.25) is 0 Å². The Hall–Kier alpha value is -1.55. The van der Waals surface area contributed by atoms with Crippen molar-refractivity contribution < 1.29 is 19.1 Å². The van der Waals surface area contributed by atoms with Crippen molar-refractivity contribution in [2.75, 3.05) is 14.2 Å². The molecular weight excluding hydrogens is 256 g/mol. The largest absolute Gasteiger partial charge is 0.469 e. The van der Waals surface area contributed by atoms with E-state index in [-0.39, 0.29) is 12.4 Å². The van der Waals surface area contributed by atoms with Gasteiger partial charge in [-0.05, 0) is 23.6 Å². The van der Waals surface area contributed by atoms with Gasteiger partial charge in [-0.15, -0.1) is 11.6 Å². The van der Waals surface area contributed by atoms with E-state index in [0.717, 1.165) is 11.1 Å². The average Bonchev–Trinajstić information content (AvgIpc) is 2.43. The van der Waals surface area contributed by atoms with E-state index in [1.54, 1.807) is 12.1 Å². The zero-order valence-electron chi connectivity index (χ0n) is 10.4. The first-order valence-electron chi connectivity index (χ1n) is 5.45. The number of hydrogen-bond donors (Lipinski definition) is 0. The highest BCUT2D eigenvalue weighted by Gasteiger charge is 2.13. The van der Waals surface area contributed by atoms with Crippen LogP contribution in [-0.2, 0) is 26.6 Å². The highest BCUT2D eigenvalue weighted by Crippen LogP contribution is 2.17. The third-order valence-corrected chi connectivity index (χ3v) is 2.87. The maximum absolute atomic E-state index is 11.6. The quantitative estimate of drug-likeness (QED) is 0.609. The molecule has 0 bridgehead atoms. The van der Waals surface area contributed by atoms with Gasteiger partial charge in [0, 0.05) is 12.3 Å². The zero-order valence-corrected chi connectivity index (χ0v) is 11.1. The maximum Gasteiger partial charge on any atom is 0.338 e. The number of hydrogen-bond acceptors (Lipinski definition) is 4. The molecule has 0 spiro atoms. The lowest BCUT2D eigenvalue weighted by Crippen LogP contribution is -2.09. The van der Waals surface area contributed by atoms with E-state index in [1.165, 1.54) is 14.2 Å². The molecule has 1 rings (SSSR count). The standard InChI is InChI=1S/C13H15ClO4/c1-17-12(15)6-5-10-4-3-9(8-14)7-11(10)13(16)18-2/h3-4,7H,5-6,8H2,1-2H3. The van der Waals surface area contributed by atoms with Crippen LogP contribution in [0, 0.1) is 0 Å². The number of aryl methyl sites for hydroxylation is 1. The number of methoxy groups -OCH3 is 2. The minimum absolute atomic E-state index is 0.223. The van der Waals surface area contributed by atoms with E-state index >= 15 is 0 Å². The number of rotatable bonds is 5. The molecule has 0 unspecified atom stereocenters. The summed E-state index contributed by atoms with van der Waals surface area (Å²) in [6.45, 7) is 0. The minimum Gasteiger partial charge on any atom is -0.469 e. The number of ether oxygens (including phenoxy) is 2. The fourth-order valence-electron chi connectivity index (χ4n) is 1.56. The van der Waals surface area contributed by atoms with Crippen LogP contribution in [-0.4, -0.2) is 26.2 Å². The van der Waals surface area contributed by atoms with Crippen LogP contribution in [0.1, 0.15) is 27.9 Å². The van der Waals surface area contributed by atoms with Gasteiger partial charge in [-0.25, -0.2) is 4.79 Å². The second kappa shape index (κ2) is 7.01. The third-order valence-electron chi connectivity index (χ3n) is 2.56. The van der Waals surface area contributed by atoms with Crippen molar-refractivity contribution in [1.29, 1.82) is 0 Å². The first-order chi connectivity index (χ1) is 8.62. The van der Waals surface area contributed by atoms with Crippen LogP contribution in [0.5, 0.6) is 0 Å². The Morgan fingerprint density at radius 3 is 2.50 bits per heavy atom. The Balaban J connectivity index is 2.95. The molecule has 18 heavy (non-hydrogen) atoms. The molecule has 0 aliphatic carbocycles. The van der Waals surface area contributed by atoms with Gasteiger partial charge in [-0.3, -0.25) is 4.79 Å². The Labute approximate surface area is 111 Å². The van der Waals surface area contributed by atoms with Crippen LogP contribution in [0.3, 0.4) is 0 Å². The van der Waals surface area contributed by atoms with Gasteiger partial charge in [0.2, 0.25) is 0 Å². The molecule has 0 aliphatic rings. The Kier molecular flexibility index (Phi) is 5.65. The van der Waals surface area contributed by atoms with Crippen molar-refractivity contribution in [3.8, 4) is 0 Å². The van der Waals surface area contributed by atoms with Gasteiger partial charge < -0.3 is 9.47 Å². The number of carbonyl (C=O) groups is 2. The molecule has 1 aromatic rings. The highest BCUT2D eigenvalue weighted by molar-refractivity contribution is 6.17. The number of benzene rings is 1. The third kappa shape index (κ3) is 3.74. The summed E-state index contributed by atoms with van der Waals surface area (Å²) in [5.74, 6) is -0.421. The molecule has 0 fully saturated rings. The lowest BCUT2D eigenvalue weighted by atomic mass is 10.0. The van der Waals surface area contributed by atoms with Crippen LogP contribution in [0.15, 0.2) is 18.2 Å². The number of alkyl halides is 1. The van der Waals surface area contributed by atoms with Crippen LogP contribution in [0.4, 0.5) is 0 Å². The van der Waals surface area contributed by atoms with E-state index in [9.17, 15) is 9.59 Å². The summed E-state index contributed by atoms with van der Waals surface area (Å²) in [6.07, 6.45) is 0.653. The summed E-state index contributed by atoms with van der Waals surface area (Å²) < 4.78 is 9.28. The summed E-state index contributed by atoms with van der Waals surface area (Å²) in [4.78, 5) is 22.7. The lowest BCUT2D eigenvalue weighted by molar-refractivity contribution is -0.140. The predicted molar refractivity (Wildman–Crippen MR) is 67.7 cm³/mol. The summed E-state index contributed by atoms with van der Waals surface area (Å²) in [7, 11) is 2.65. The SMILES string of the molecule is COC(=O)CCc1ccc(CCl)cc1C(=O)OC. The van der Waals surface area contributed by atoms with E-state index in [4.69, 9.17) is 16.3 Å². The van der Waals surface area contributed by atoms with Gasteiger partial charge in [0.15, 0.2) is 0 Å². The van der Waals surface area contributed by atoms with E-state index in [2.05, 4.69) is 4.74 Å². The van der Waals surface area contributed by atoms with E-state index < -0.39 is 5.97 Å². The number of esters is 2. The fourth-order valence-corrected chi connectivity index (χ4v) is 1.73. The molecule has 0 aromatic heterocycles. The topological polar surface area (TPSA) is 52.6 Å². The molecule has 1 aromatic carbocycles. The molecule has 0 aliphatic heterocycles. The maximum atomic E-state index is 11.6. The molecule has 0 saturated carbocycles. The predicted octanol–water partition coefficient (Wildman–Crippen LogP) is 2.32. The van der Waals surface area contributed by atoms with E-state index in [0.29, 0.717) is 17.9 Å². The van der Waals surface area contributed by atoms with Gasteiger partial charge in [0.05, 0.1) is 19.8 Å². The fraction of sp³-hybridized carbons (Fsp3) is 0.385. The van der Waals surface area contributed by atoms with Crippen molar-refractivity contribution in [3.63, 3.8) is 0 Å². The second-order valence-electron chi connectivity index (χ2n) is 3.69. The molecule has 0 radical (unpaired) electrons. The van der Waals surface area contributed by atoms with Crippen LogP contribution >= 0.6 is 11.6 Å². The summed E-state index contributed by atoms with van der Waals surface area (Å²) in [5, 5.41) is 0. The highest BCUT2D eigenvalue weighted by atomic mass is 35.5. The molecule has 0 atom stereocenters. The molecule has 0 saturated heterocycles. The average molecular weight is 271 g/mol. The normalized spacial score (nSPS) is 9.94. The monoisotopic (exact) mass is 270 g/mol. The van der Waals surface area contributed by atoms with Gasteiger partial charge in [-0.2, -0.15) is 0 Å². The van der Waals surface area contributed by atoms with Gasteiger partial charge in [-0.1, -0.05) is 12.1 Å². The summed E-state index contributed by atoms with van der Waals surface area (Å²) in [6, 6.07) is 5.30. The molecule has 98 valence electrons.